The van der Waals surface area contributed by atoms with Gasteiger partial charge in [0.2, 0.25) is 11.8 Å². The molecule has 0 saturated carbocycles. The third-order valence-corrected chi connectivity index (χ3v) is 6.59. The highest BCUT2D eigenvalue weighted by atomic mass is 19.4. The van der Waals surface area contributed by atoms with Crippen molar-refractivity contribution in [1.82, 2.24) is 20.2 Å². The number of alkyl halides is 3. The molecule has 2 amide bonds. The Morgan fingerprint density at radius 2 is 1.92 bits per heavy atom. The molecule has 200 valence electrons. The molecule has 0 fully saturated rings. The van der Waals surface area contributed by atoms with Gasteiger partial charge in [0.05, 0.1) is 23.8 Å². The smallest absolute Gasteiger partial charge is 0.348 e. The number of anilines is 1. The van der Waals surface area contributed by atoms with Gasteiger partial charge >= 0.3 is 6.18 Å². The van der Waals surface area contributed by atoms with Crippen LogP contribution in [0.3, 0.4) is 0 Å². The quantitative estimate of drug-likeness (QED) is 0.435. The number of aromatic nitrogens is 2. The standard InChI is InChI=1S/C27H28F3N5O3/c1-16(31-2)25(37)34-22-14-32-24(18-9-5-10-19(13-18)27(28,29)30)35(26(22)38)15-23(36)33-21-12-6-8-17-7-3-4-11-20(17)21/h3-5,7,9-11,13-14,16,21,31H,6,8,12,15H2,1-2H3,(H,33,36)(H,34,37)/t16-,21+/m0/s1. The van der Waals surface area contributed by atoms with E-state index in [-0.39, 0.29) is 23.1 Å². The topological polar surface area (TPSA) is 105 Å². The molecule has 1 aromatic heterocycles. The number of hydrogen-bond acceptors (Lipinski definition) is 5. The fourth-order valence-corrected chi connectivity index (χ4v) is 4.45. The van der Waals surface area contributed by atoms with Gasteiger partial charge in [0, 0.05) is 5.56 Å². The first kappa shape index (κ1) is 27.1. The minimum atomic E-state index is -4.61. The molecule has 0 radical (unpaired) electrons. The third kappa shape index (κ3) is 5.94. The van der Waals surface area contributed by atoms with E-state index in [0.717, 1.165) is 46.9 Å². The molecule has 0 spiro atoms. The average molecular weight is 528 g/mol. The summed E-state index contributed by atoms with van der Waals surface area (Å²) in [5.74, 6) is -1.14. The van der Waals surface area contributed by atoms with E-state index in [1.807, 2.05) is 24.3 Å². The SMILES string of the molecule is CN[C@@H](C)C(=O)Nc1cnc(-c2cccc(C(F)(F)F)c2)n(CC(=O)N[C@@H]2CCCc3ccccc32)c1=O. The van der Waals surface area contributed by atoms with Gasteiger partial charge in [-0.15, -0.1) is 0 Å². The Kier molecular flexibility index (Phi) is 7.96. The number of carbonyl (C=O) groups is 2. The van der Waals surface area contributed by atoms with Crippen molar-refractivity contribution in [2.45, 2.75) is 51.0 Å². The van der Waals surface area contributed by atoms with Gasteiger partial charge in [-0.3, -0.25) is 19.0 Å². The van der Waals surface area contributed by atoms with Gasteiger partial charge < -0.3 is 16.0 Å². The number of rotatable bonds is 7. The molecule has 0 unspecified atom stereocenters. The van der Waals surface area contributed by atoms with Gasteiger partial charge in [0.25, 0.3) is 5.56 Å². The number of halogens is 3. The highest BCUT2D eigenvalue weighted by Crippen LogP contribution is 2.32. The first-order valence-electron chi connectivity index (χ1n) is 12.2. The molecule has 2 aromatic carbocycles. The van der Waals surface area contributed by atoms with Gasteiger partial charge in [-0.25, -0.2) is 4.98 Å². The Hall–Kier alpha value is -3.99. The number of aryl methyl sites for hydroxylation is 1. The average Bonchev–Trinajstić information content (AvgIpc) is 2.90. The minimum Gasteiger partial charge on any atom is -0.348 e. The normalized spacial score (nSPS) is 15.9. The molecular formula is C27H28F3N5O3. The number of carbonyl (C=O) groups excluding carboxylic acids is 2. The molecule has 11 heteroatoms. The summed E-state index contributed by atoms with van der Waals surface area (Å²) in [6, 6.07) is 11.3. The molecule has 0 bridgehead atoms. The molecule has 3 aromatic rings. The monoisotopic (exact) mass is 527 g/mol. The number of fused-ring (bicyclic) bond motifs is 1. The Bertz CT molecular complexity index is 1400. The van der Waals surface area contributed by atoms with Crippen LogP contribution < -0.4 is 21.5 Å². The van der Waals surface area contributed by atoms with E-state index in [9.17, 15) is 27.6 Å². The number of amides is 2. The molecular weight excluding hydrogens is 499 g/mol. The predicted molar refractivity (Wildman–Crippen MR) is 136 cm³/mol. The van der Waals surface area contributed by atoms with Crippen LogP contribution in [-0.4, -0.2) is 34.5 Å². The maximum atomic E-state index is 13.4. The van der Waals surface area contributed by atoms with Crippen LogP contribution >= 0.6 is 0 Å². The largest absolute Gasteiger partial charge is 0.416 e. The van der Waals surface area contributed by atoms with Crippen LogP contribution in [0.2, 0.25) is 0 Å². The van der Waals surface area contributed by atoms with Crippen molar-refractivity contribution in [1.29, 1.82) is 0 Å². The van der Waals surface area contributed by atoms with Crippen molar-refractivity contribution in [3.8, 4) is 11.4 Å². The van der Waals surface area contributed by atoms with E-state index in [1.165, 1.54) is 12.1 Å². The van der Waals surface area contributed by atoms with E-state index in [1.54, 1.807) is 14.0 Å². The fraction of sp³-hybridized carbons (Fsp3) is 0.333. The summed E-state index contributed by atoms with van der Waals surface area (Å²) in [6.07, 6.45) is -1.02. The van der Waals surface area contributed by atoms with Crippen molar-refractivity contribution in [3.05, 3.63) is 81.8 Å². The minimum absolute atomic E-state index is 0.00852. The zero-order chi connectivity index (χ0) is 27.4. The molecule has 0 saturated heterocycles. The second-order valence-electron chi connectivity index (χ2n) is 9.18. The van der Waals surface area contributed by atoms with Crippen molar-refractivity contribution in [2.24, 2.45) is 0 Å². The lowest BCUT2D eigenvalue weighted by molar-refractivity contribution is -0.137. The lowest BCUT2D eigenvalue weighted by Gasteiger charge is -2.26. The maximum absolute atomic E-state index is 13.4. The second kappa shape index (κ2) is 11.2. The van der Waals surface area contributed by atoms with E-state index < -0.39 is 41.7 Å². The van der Waals surface area contributed by atoms with Gasteiger partial charge in [-0.1, -0.05) is 36.4 Å². The molecule has 38 heavy (non-hydrogen) atoms. The summed E-state index contributed by atoms with van der Waals surface area (Å²) < 4.78 is 41.1. The number of nitrogens with zero attached hydrogens (tertiary/aromatic N) is 2. The van der Waals surface area contributed by atoms with Crippen molar-refractivity contribution in [2.75, 3.05) is 12.4 Å². The van der Waals surface area contributed by atoms with Crippen LogP contribution in [0, 0.1) is 0 Å². The number of nitrogens with one attached hydrogen (secondary N) is 3. The van der Waals surface area contributed by atoms with Gasteiger partial charge in [0.15, 0.2) is 0 Å². The Labute approximate surface area is 217 Å². The highest BCUT2D eigenvalue weighted by Gasteiger charge is 2.31. The number of likely N-dealkylation sites (N-methyl/N-ethyl adjacent to an activating group) is 1. The fourth-order valence-electron chi connectivity index (χ4n) is 4.45. The molecule has 1 aliphatic rings. The predicted octanol–water partition coefficient (Wildman–Crippen LogP) is 3.67. The van der Waals surface area contributed by atoms with Gasteiger partial charge in [-0.05, 0) is 56.5 Å². The first-order chi connectivity index (χ1) is 18.1. The Morgan fingerprint density at radius 1 is 1.16 bits per heavy atom. The lowest BCUT2D eigenvalue weighted by Crippen LogP contribution is -2.40. The number of hydrogen-bond donors (Lipinski definition) is 3. The maximum Gasteiger partial charge on any atom is 0.416 e. The second-order valence-corrected chi connectivity index (χ2v) is 9.18. The molecule has 2 atom stereocenters. The zero-order valence-corrected chi connectivity index (χ0v) is 20.9. The molecule has 8 nitrogen and oxygen atoms in total. The highest BCUT2D eigenvalue weighted by molar-refractivity contribution is 5.94. The van der Waals surface area contributed by atoms with Crippen molar-refractivity contribution < 1.29 is 22.8 Å². The van der Waals surface area contributed by atoms with E-state index in [2.05, 4.69) is 20.9 Å². The van der Waals surface area contributed by atoms with E-state index in [4.69, 9.17) is 0 Å². The Balaban J connectivity index is 1.70. The van der Waals surface area contributed by atoms with Crippen LogP contribution in [0.25, 0.3) is 11.4 Å². The van der Waals surface area contributed by atoms with Gasteiger partial charge in [0.1, 0.15) is 18.1 Å². The summed E-state index contributed by atoms with van der Waals surface area (Å²) >= 11 is 0. The molecule has 1 heterocycles. The van der Waals surface area contributed by atoms with Crippen molar-refractivity contribution in [3.63, 3.8) is 0 Å². The number of benzene rings is 2. The van der Waals surface area contributed by atoms with Crippen LogP contribution in [-0.2, 0) is 28.7 Å². The van der Waals surface area contributed by atoms with Crippen LogP contribution in [0.15, 0.2) is 59.5 Å². The Morgan fingerprint density at radius 3 is 2.66 bits per heavy atom. The van der Waals surface area contributed by atoms with E-state index in [0.29, 0.717) is 6.42 Å². The molecule has 1 aliphatic carbocycles. The molecule has 0 aliphatic heterocycles. The summed E-state index contributed by atoms with van der Waals surface area (Å²) in [7, 11) is 1.57. The summed E-state index contributed by atoms with van der Waals surface area (Å²) in [5.41, 5.74) is 0.272. The molecule has 3 N–H and O–H groups in total. The summed E-state index contributed by atoms with van der Waals surface area (Å²) in [5, 5.41) is 8.17. The van der Waals surface area contributed by atoms with Crippen LogP contribution in [0.1, 0.15) is 42.5 Å². The lowest BCUT2D eigenvalue weighted by atomic mass is 9.88. The zero-order valence-electron chi connectivity index (χ0n) is 20.9. The van der Waals surface area contributed by atoms with Crippen LogP contribution in [0.5, 0.6) is 0 Å². The van der Waals surface area contributed by atoms with Crippen molar-refractivity contribution >= 4 is 17.5 Å². The summed E-state index contributed by atoms with van der Waals surface area (Å²) in [6.45, 7) is 1.09. The summed E-state index contributed by atoms with van der Waals surface area (Å²) in [4.78, 5) is 43.1. The third-order valence-electron chi connectivity index (χ3n) is 6.59. The van der Waals surface area contributed by atoms with E-state index >= 15 is 0 Å². The van der Waals surface area contributed by atoms with Gasteiger partial charge in [-0.2, -0.15) is 13.2 Å². The van der Waals surface area contributed by atoms with Crippen LogP contribution in [0.4, 0.5) is 18.9 Å². The molecule has 4 rings (SSSR count). The first-order valence-corrected chi connectivity index (χ1v) is 12.2.